The van der Waals surface area contributed by atoms with E-state index in [4.69, 9.17) is 16.1 Å². The maximum Gasteiger partial charge on any atom is 0.252 e. The Labute approximate surface area is 168 Å². The largest absolute Gasteiger partial charge is 0.340 e. The minimum absolute atomic E-state index is 0.0329. The van der Waals surface area contributed by atoms with E-state index < -0.39 is 5.54 Å². The lowest BCUT2D eigenvalue weighted by Gasteiger charge is -2.35. The molecule has 1 aliphatic heterocycles. The Hall–Kier alpha value is -2.41. The Morgan fingerprint density at radius 3 is 2.68 bits per heavy atom. The molecule has 0 radical (unpaired) electrons. The molecule has 1 saturated heterocycles. The number of nitrogens with one attached hydrogen (secondary N) is 1. The Morgan fingerprint density at radius 2 is 2.04 bits per heavy atom. The van der Waals surface area contributed by atoms with E-state index in [2.05, 4.69) is 15.5 Å². The van der Waals surface area contributed by atoms with E-state index in [1.54, 1.807) is 30.0 Å². The van der Waals surface area contributed by atoms with Crippen molar-refractivity contribution in [3.63, 3.8) is 0 Å². The van der Waals surface area contributed by atoms with Gasteiger partial charge < -0.3 is 14.7 Å². The van der Waals surface area contributed by atoms with Crippen LogP contribution < -0.4 is 10.2 Å². The number of amides is 2. The number of hydrogen-bond donors (Lipinski definition) is 1. The first-order valence-electron chi connectivity index (χ1n) is 9.72. The number of benzene rings is 1. The number of rotatable bonds is 4. The minimum atomic E-state index is -0.629. The summed E-state index contributed by atoms with van der Waals surface area (Å²) in [6.07, 6.45) is 5.94. The van der Waals surface area contributed by atoms with E-state index in [1.165, 1.54) is 0 Å². The van der Waals surface area contributed by atoms with Gasteiger partial charge in [0.2, 0.25) is 11.8 Å². The molecule has 148 valence electrons. The maximum atomic E-state index is 13.1. The van der Waals surface area contributed by atoms with Gasteiger partial charge in [-0.1, -0.05) is 36.0 Å². The quantitative estimate of drug-likeness (QED) is 0.841. The summed E-state index contributed by atoms with van der Waals surface area (Å²) in [6.45, 7) is 2.36. The van der Waals surface area contributed by atoms with Crippen molar-refractivity contribution in [3.05, 3.63) is 40.5 Å². The first-order chi connectivity index (χ1) is 13.5. The number of anilines is 1. The summed E-state index contributed by atoms with van der Waals surface area (Å²) in [7, 11) is 0. The van der Waals surface area contributed by atoms with Crippen molar-refractivity contribution in [3.8, 4) is 0 Å². The molecular formula is C20H23ClN4O3. The number of nitrogens with zero attached hydrogens (tertiary/aromatic N) is 3. The van der Waals surface area contributed by atoms with Crippen LogP contribution in [0.1, 0.15) is 67.0 Å². The van der Waals surface area contributed by atoms with Gasteiger partial charge in [0.1, 0.15) is 5.54 Å². The number of carbonyl (C=O) groups is 2. The molecule has 2 aliphatic rings. The first kappa shape index (κ1) is 18.9. The Morgan fingerprint density at radius 1 is 1.25 bits per heavy atom. The number of carbonyl (C=O) groups excluding carboxylic acids is 2. The minimum Gasteiger partial charge on any atom is -0.340 e. The van der Waals surface area contributed by atoms with E-state index >= 15 is 0 Å². The van der Waals surface area contributed by atoms with Gasteiger partial charge in [0, 0.05) is 25.5 Å². The molecule has 2 fully saturated rings. The van der Waals surface area contributed by atoms with Crippen LogP contribution >= 0.6 is 11.6 Å². The fraction of sp³-hybridized carbons (Fsp3) is 0.500. The predicted molar refractivity (Wildman–Crippen MR) is 104 cm³/mol. The molecule has 0 unspecified atom stereocenters. The molecule has 2 amide bonds. The third-order valence-electron chi connectivity index (χ3n) is 5.59. The molecular weight excluding hydrogens is 380 g/mol. The summed E-state index contributed by atoms with van der Waals surface area (Å²) in [5.41, 5.74) is 0.422. The lowest BCUT2D eigenvalue weighted by atomic mass is 9.80. The first-order valence-corrected chi connectivity index (χ1v) is 10.1. The molecule has 1 aromatic carbocycles. The normalized spacial score (nSPS) is 19.1. The summed E-state index contributed by atoms with van der Waals surface area (Å²) in [5.74, 6) is 0.817. The monoisotopic (exact) mass is 402 g/mol. The molecule has 1 aromatic heterocycles. The molecule has 7 nitrogen and oxygen atoms in total. The Balaban J connectivity index is 1.62. The van der Waals surface area contributed by atoms with Crippen LogP contribution in [-0.2, 0) is 10.3 Å². The van der Waals surface area contributed by atoms with Crippen LogP contribution in [0.15, 0.2) is 22.7 Å². The third kappa shape index (κ3) is 3.51. The highest BCUT2D eigenvalue weighted by Gasteiger charge is 2.40. The second-order valence-electron chi connectivity index (χ2n) is 7.55. The average molecular weight is 403 g/mol. The lowest BCUT2D eigenvalue weighted by molar-refractivity contribution is -0.117. The maximum absolute atomic E-state index is 13.1. The van der Waals surface area contributed by atoms with E-state index in [-0.39, 0.29) is 11.8 Å². The predicted octanol–water partition coefficient (Wildman–Crippen LogP) is 3.75. The van der Waals surface area contributed by atoms with Crippen LogP contribution in [0.4, 0.5) is 5.69 Å². The van der Waals surface area contributed by atoms with E-state index in [0.29, 0.717) is 41.0 Å². The van der Waals surface area contributed by atoms with Crippen LogP contribution in [0.3, 0.4) is 0 Å². The second-order valence-corrected chi connectivity index (χ2v) is 7.96. The van der Waals surface area contributed by atoms with Crippen LogP contribution in [0.25, 0.3) is 0 Å². The van der Waals surface area contributed by atoms with E-state index in [9.17, 15) is 9.59 Å². The van der Waals surface area contributed by atoms with Crippen molar-refractivity contribution in [1.29, 1.82) is 0 Å². The second kappa shape index (κ2) is 7.54. The summed E-state index contributed by atoms with van der Waals surface area (Å²) in [6, 6.07) is 5.04. The lowest BCUT2D eigenvalue weighted by Crippen LogP contribution is -2.48. The molecule has 1 aliphatic carbocycles. The molecule has 1 N–H and O–H groups in total. The summed E-state index contributed by atoms with van der Waals surface area (Å²) in [4.78, 5) is 31.3. The van der Waals surface area contributed by atoms with Crippen molar-refractivity contribution < 1.29 is 14.1 Å². The van der Waals surface area contributed by atoms with Crippen molar-refractivity contribution in [2.24, 2.45) is 0 Å². The van der Waals surface area contributed by atoms with Gasteiger partial charge >= 0.3 is 0 Å². The summed E-state index contributed by atoms with van der Waals surface area (Å²) in [5, 5.41) is 7.71. The smallest absolute Gasteiger partial charge is 0.252 e. The van der Waals surface area contributed by atoms with Gasteiger partial charge in [-0.2, -0.15) is 4.98 Å². The van der Waals surface area contributed by atoms with Gasteiger partial charge in [-0.3, -0.25) is 9.59 Å². The SMILES string of the molecule is Cc1nc(C2(NC(=O)c3ccc(Cl)c(N4CCCC4=O)c3)CCCCC2)no1. The molecule has 0 bridgehead atoms. The zero-order valence-electron chi connectivity index (χ0n) is 15.8. The highest BCUT2D eigenvalue weighted by molar-refractivity contribution is 6.34. The van der Waals surface area contributed by atoms with E-state index in [0.717, 1.165) is 38.5 Å². The van der Waals surface area contributed by atoms with Crippen molar-refractivity contribution in [1.82, 2.24) is 15.5 Å². The van der Waals surface area contributed by atoms with Crippen LogP contribution in [0, 0.1) is 6.92 Å². The molecule has 2 aromatic rings. The van der Waals surface area contributed by atoms with Crippen molar-refractivity contribution in [2.75, 3.05) is 11.4 Å². The highest BCUT2D eigenvalue weighted by atomic mass is 35.5. The average Bonchev–Trinajstić information content (AvgIpc) is 3.31. The molecule has 0 spiro atoms. The highest BCUT2D eigenvalue weighted by Crippen LogP contribution is 2.36. The number of hydrogen-bond acceptors (Lipinski definition) is 5. The molecule has 28 heavy (non-hydrogen) atoms. The van der Waals surface area contributed by atoms with Gasteiger partial charge in [-0.25, -0.2) is 0 Å². The van der Waals surface area contributed by atoms with Gasteiger partial charge in [-0.15, -0.1) is 0 Å². The Kier molecular flexibility index (Phi) is 5.10. The fourth-order valence-electron chi connectivity index (χ4n) is 4.11. The topological polar surface area (TPSA) is 88.3 Å². The summed E-state index contributed by atoms with van der Waals surface area (Å²) >= 11 is 6.31. The van der Waals surface area contributed by atoms with E-state index in [1.807, 2.05) is 0 Å². The summed E-state index contributed by atoms with van der Waals surface area (Å²) < 4.78 is 5.17. The fourth-order valence-corrected chi connectivity index (χ4v) is 4.33. The van der Waals surface area contributed by atoms with Crippen LogP contribution in [-0.4, -0.2) is 28.5 Å². The molecule has 0 atom stereocenters. The Bertz CT molecular complexity index is 905. The van der Waals surface area contributed by atoms with Gasteiger partial charge in [0.25, 0.3) is 5.91 Å². The molecule has 8 heteroatoms. The standard InChI is InChI=1S/C20H23ClN4O3/c1-13-22-19(24-28-13)20(9-3-2-4-10-20)23-18(27)14-7-8-15(21)16(12-14)25-11-5-6-17(25)26/h7-8,12H,2-6,9-11H2,1H3,(H,23,27). The zero-order valence-corrected chi connectivity index (χ0v) is 16.6. The molecule has 1 saturated carbocycles. The van der Waals surface area contributed by atoms with Crippen molar-refractivity contribution >= 4 is 29.1 Å². The van der Waals surface area contributed by atoms with Gasteiger partial charge in [-0.05, 0) is 37.5 Å². The van der Waals surface area contributed by atoms with Crippen molar-refractivity contribution in [2.45, 2.75) is 57.4 Å². The molecule has 2 heterocycles. The van der Waals surface area contributed by atoms with Crippen LogP contribution in [0.2, 0.25) is 5.02 Å². The number of aryl methyl sites for hydroxylation is 1. The number of halogens is 1. The molecule has 4 rings (SSSR count). The van der Waals surface area contributed by atoms with Gasteiger partial charge in [0.15, 0.2) is 5.82 Å². The zero-order chi connectivity index (χ0) is 19.7. The number of aromatic nitrogens is 2. The van der Waals surface area contributed by atoms with Crippen LogP contribution in [0.5, 0.6) is 0 Å². The van der Waals surface area contributed by atoms with Gasteiger partial charge in [0.05, 0.1) is 10.7 Å². The third-order valence-corrected chi connectivity index (χ3v) is 5.91.